The predicted octanol–water partition coefficient (Wildman–Crippen LogP) is 2.10. The molecule has 2 rings (SSSR count). The van der Waals surface area contributed by atoms with Crippen molar-refractivity contribution in [1.82, 2.24) is 9.21 Å². The molecule has 7 heteroatoms. The second-order valence-electron chi connectivity index (χ2n) is 6.96. The van der Waals surface area contributed by atoms with Crippen LogP contribution in [0.1, 0.15) is 38.7 Å². The lowest BCUT2D eigenvalue weighted by Gasteiger charge is -2.27. The van der Waals surface area contributed by atoms with Crippen molar-refractivity contribution < 1.29 is 13.2 Å². The van der Waals surface area contributed by atoms with Crippen molar-refractivity contribution in [2.24, 2.45) is 0 Å². The first-order chi connectivity index (χ1) is 11.7. The number of amides is 1. The molecule has 1 amide bonds. The molecule has 0 radical (unpaired) electrons. The average Bonchev–Trinajstić information content (AvgIpc) is 2.80. The van der Waals surface area contributed by atoms with E-state index in [4.69, 9.17) is 0 Å². The minimum Gasteiger partial charge on any atom is -0.324 e. The lowest BCUT2D eigenvalue weighted by Crippen LogP contribution is -2.44. The number of hydrogen-bond acceptors (Lipinski definition) is 4. The third-order valence-corrected chi connectivity index (χ3v) is 6.03. The summed E-state index contributed by atoms with van der Waals surface area (Å²) in [5, 5.41) is 3.04. The number of carbonyl (C=O) groups is 1. The molecule has 1 aliphatic rings. The van der Waals surface area contributed by atoms with Gasteiger partial charge in [0.25, 0.3) is 0 Å². The van der Waals surface area contributed by atoms with E-state index in [1.807, 2.05) is 31.2 Å². The van der Waals surface area contributed by atoms with Gasteiger partial charge in [-0.2, -0.15) is 0 Å². The monoisotopic (exact) mass is 367 g/mol. The van der Waals surface area contributed by atoms with Gasteiger partial charge in [-0.05, 0) is 30.9 Å². The number of nitrogens with zero attached hydrogens (tertiary/aromatic N) is 2. The normalized spacial score (nSPS) is 18.8. The molecule has 1 aromatic carbocycles. The Hall–Kier alpha value is -1.44. The van der Waals surface area contributed by atoms with Crippen LogP contribution in [0, 0.1) is 0 Å². The molecule has 6 nitrogen and oxygen atoms in total. The highest BCUT2D eigenvalue weighted by molar-refractivity contribution is 7.88. The quantitative estimate of drug-likeness (QED) is 0.865. The van der Waals surface area contributed by atoms with Gasteiger partial charge in [-0.15, -0.1) is 0 Å². The molecule has 1 saturated heterocycles. The van der Waals surface area contributed by atoms with Crippen LogP contribution in [-0.4, -0.2) is 62.0 Å². The smallest absolute Gasteiger partial charge is 0.241 e. The summed E-state index contributed by atoms with van der Waals surface area (Å²) in [5.41, 5.74) is 1.96. The van der Waals surface area contributed by atoms with Gasteiger partial charge in [-0.25, -0.2) is 12.7 Å². The Morgan fingerprint density at radius 2 is 1.76 bits per heavy atom. The molecule has 25 heavy (non-hydrogen) atoms. The van der Waals surface area contributed by atoms with Gasteiger partial charge < -0.3 is 5.32 Å². The van der Waals surface area contributed by atoms with Crippen LogP contribution in [0.5, 0.6) is 0 Å². The molecule has 0 aromatic heterocycles. The van der Waals surface area contributed by atoms with Crippen molar-refractivity contribution in [2.75, 3.05) is 37.8 Å². The number of sulfonamides is 1. The first-order valence-electron chi connectivity index (χ1n) is 8.79. The van der Waals surface area contributed by atoms with E-state index in [0.717, 1.165) is 17.7 Å². The number of hydrogen-bond donors (Lipinski definition) is 1. The molecule has 1 atom stereocenters. The molecule has 0 unspecified atom stereocenters. The van der Waals surface area contributed by atoms with E-state index in [0.29, 0.717) is 32.1 Å². The highest BCUT2D eigenvalue weighted by Gasteiger charge is 2.27. The number of rotatable bonds is 5. The van der Waals surface area contributed by atoms with Crippen LogP contribution in [0.25, 0.3) is 0 Å². The largest absolute Gasteiger partial charge is 0.324 e. The van der Waals surface area contributed by atoms with Crippen molar-refractivity contribution in [3.05, 3.63) is 29.8 Å². The summed E-state index contributed by atoms with van der Waals surface area (Å²) in [6.45, 7) is 8.30. The molecule has 1 heterocycles. The van der Waals surface area contributed by atoms with Crippen LogP contribution in [0.3, 0.4) is 0 Å². The lowest BCUT2D eigenvalue weighted by molar-refractivity contribution is -0.120. The van der Waals surface area contributed by atoms with E-state index in [-0.39, 0.29) is 11.9 Å². The minimum atomic E-state index is -3.18. The maximum Gasteiger partial charge on any atom is 0.241 e. The van der Waals surface area contributed by atoms with Gasteiger partial charge in [0.2, 0.25) is 15.9 Å². The van der Waals surface area contributed by atoms with Crippen molar-refractivity contribution in [3.63, 3.8) is 0 Å². The summed E-state index contributed by atoms with van der Waals surface area (Å²) >= 11 is 0. The summed E-state index contributed by atoms with van der Waals surface area (Å²) in [5.74, 6) is 0.272. The molecule has 0 saturated carbocycles. The fraction of sp³-hybridized carbons (Fsp3) is 0.611. The zero-order chi connectivity index (χ0) is 18.6. The van der Waals surface area contributed by atoms with Crippen molar-refractivity contribution in [2.45, 2.75) is 39.2 Å². The molecule has 1 aliphatic heterocycles. The van der Waals surface area contributed by atoms with Crippen LogP contribution in [0.4, 0.5) is 5.69 Å². The van der Waals surface area contributed by atoms with Gasteiger partial charge in [0.15, 0.2) is 0 Å². The Labute approximate surface area is 151 Å². The van der Waals surface area contributed by atoms with Gasteiger partial charge in [0, 0.05) is 31.9 Å². The molecule has 1 fully saturated rings. The van der Waals surface area contributed by atoms with E-state index in [1.165, 1.54) is 10.6 Å². The fourth-order valence-corrected chi connectivity index (χ4v) is 4.02. The minimum absolute atomic E-state index is 0.0547. The molecule has 0 spiro atoms. The van der Waals surface area contributed by atoms with Gasteiger partial charge in [0.1, 0.15) is 0 Å². The van der Waals surface area contributed by atoms with Gasteiger partial charge in [-0.1, -0.05) is 32.0 Å². The zero-order valence-electron chi connectivity index (χ0n) is 15.5. The Kier molecular flexibility index (Phi) is 6.59. The molecule has 1 N–H and O–H groups in total. The maximum atomic E-state index is 12.7. The molecular formula is C18H29N3O3S. The Bertz CT molecular complexity index is 703. The zero-order valence-corrected chi connectivity index (χ0v) is 16.3. The summed E-state index contributed by atoms with van der Waals surface area (Å²) in [6.07, 6.45) is 1.97. The number of benzene rings is 1. The Morgan fingerprint density at radius 3 is 2.40 bits per heavy atom. The first-order valence-corrected chi connectivity index (χ1v) is 10.6. The Balaban J connectivity index is 2.03. The van der Waals surface area contributed by atoms with Gasteiger partial charge in [-0.3, -0.25) is 9.69 Å². The second kappa shape index (κ2) is 8.29. The van der Waals surface area contributed by atoms with Crippen molar-refractivity contribution in [1.29, 1.82) is 0 Å². The topological polar surface area (TPSA) is 69.7 Å². The Morgan fingerprint density at radius 1 is 1.08 bits per heavy atom. The number of para-hydroxylation sites is 1. The lowest BCUT2D eigenvalue weighted by atomic mass is 10.0. The van der Waals surface area contributed by atoms with E-state index < -0.39 is 10.0 Å². The highest BCUT2D eigenvalue weighted by atomic mass is 32.2. The number of carbonyl (C=O) groups excluding carboxylic acids is 1. The van der Waals surface area contributed by atoms with Crippen LogP contribution in [-0.2, 0) is 14.8 Å². The number of nitrogens with one attached hydrogen (secondary N) is 1. The van der Waals surface area contributed by atoms with E-state index in [1.54, 1.807) is 0 Å². The van der Waals surface area contributed by atoms with E-state index in [9.17, 15) is 13.2 Å². The standard InChI is InChI=1S/C18H29N3O3S/c1-14(2)16-8-5-6-9-17(16)19-18(22)15(3)20-10-7-11-21(13-12-20)25(4,23)24/h5-6,8-9,14-15H,7,10-13H2,1-4H3,(H,19,22)/t15-/m1/s1. The second-order valence-corrected chi connectivity index (χ2v) is 8.94. The summed E-state index contributed by atoms with van der Waals surface area (Å²) in [4.78, 5) is 14.7. The van der Waals surface area contributed by atoms with E-state index >= 15 is 0 Å². The van der Waals surface area contributed by atoms with Crippen LogP contribution >= 0.6 is 0 Å². The summed E-state index contributed by atoms with van der Waals surface area (Å²) in [7, 11) is -3.18. The maximum absolute atomic E-state index is 12.7. The summed E-state index contributed by atoms with van der Waals surface area (Å²) in [6, 6.07) is 7.54. The van der Waals surface area contributed by atoms with Crippen LogP contribution in [0.2, 0.25) is 0 Å². The SMILES string of the molecule is CC(C)c1ccccc1NC(=O)[C@@H](C)N1CCCN(S(C)(=O)=O)CC1. The summed E-state index contributed by atoms with van der Waals surface area (Å²) < 4.78 is 24.9. The fourth-order valence-electron chi connectivity index (χ4n) is 3.15. The van der Waals surface area contributed by atoms with Crippen molar-refractivity contribution in [3.8, 4) is 0 Å². The third kappa shape index (κ3) is 5.26. The van der Waals surface area contributed by atoms with Gasteiger partial charge in [0.05, 0.1) is 12.3 Å². The average molecular weight is 368 g/mol. The van der Waals surface area contributed by atoms with Crippen LogP contribution < -0.4 is 5.32 Å². The molecule has 0 aliphatic carbocycles. The predicted molar refractivity (Wildman–Crippen MR) is 101 cm³/mol. The van der Waals surface area contributed by atoms with E-state index in [2.05, 4.69) is 24.1 Å². The molecule has 140 valence electrons. The molecule has 0 bridgehead atoms. The third-order valence-electron chi connectivity index (χ3n) is 4.73. The van der Waals surface area contributed by atoms with Gasteiger partial charge >= 0.3 is 0 Å². The number of anilines is 1. The first kappa shape index (κ1) is 19.9. The molecular weight excluding hydrogens is 338 g/mol. The van der Waals surface area contributed by atoms with Crippen LogP contribution in [0.15, 0.2) is 24.3 Å². The van der Waals surface area contributed by atoms with Crippen molar-refractivity contribution >= 4 is 21.6 Å². The molecule has 1 aromatic rings. The highest BCUT2D eigenvalue weighted by Crippen LogP contribution is 2.24.